The summed E-state index contributed by atoms with van der Waals surface area (Å²) in [6, 6.07) is 7.80. The van der Waals surface area contributed by atoms with E-state index in [0.717, 1.165) is 22.9 Å². The van der Waals surface area contributed by atoms with E-state index in [2.05, 4.69) is 29.8 Å². The van der Waals surface area contributed by atoms with Crippen molar-refractivity contribution in [2.24, 2.45) is 5.92 Å². The Balaban J connectivity index is 3.11. The van der Waals surface area contributed by atoms with Crippen molar-refractivity contribution in [2.45, 2.75) is 32.1 Å². The predicted molar refractivity (Wildman–Crippen MR) is 74.1 cm³/mol. The molecule has 2 N–H and O–H groups in total. The van der Waals surface area contributed by atoms with Crippen LogP contribution >= 0.6 is 15.9 Å². The lowest BCUT2D eigenvalue weighted by atomic mass is 9.75. The van der Waals surface area contributed by atoms with E-state index in [1.54, 1.807) is 0 Å². The highest BCUT2D eigenvalue weighted by Gasteiger charge is 2.33. The summed E-state index contributed by atoms with van der Waals surface area (Å²) in [5, 5.41) is 19.4. The molecule has 1 aromatic rings. The summed E-state index contributed by atoms with van der Waals surface area (Å²) >= 11 is 3.50. The maximum atomic E-state index is 9.72. The van der Waals surface area contributed by atoms with Crippen LogP contribution in [0, 0.1) is 5.92 Å². The third kappa shape index (κ3) is 3.30. The van der Waals surface area contributed by atoms with Crippen molar-refractivity contribution >= 4 is 15.9 Å². The highest BCUT2D eigenvalue weighted by atomic mass is 79.9. The van der Waals surface area contributed by atoms with E-state index in [1.165, 1.54) is 0 Å². The van der Waals surface area contributed by atoms with Gasteiger partial charge in [-0.25, -0.2) is 0 Å². The molecule has 1 aromatic carbocycles. The van der Waals surface area contributed by atoms with Gasteiger partial charge in [0, 0.05) is 9.89 Å². The minimum atomic E-state index is -0.546. The van der Waals surface area contributed by atoms with Crippen molar-refractivity contribution in [3.8, 4) is 0 Å². The Kier molecular flexibility index (Phi) is 5.63. The smallest absolute Gasteiger partial charge is 0.0550 e. The maximum absolute atomic E-state index is 9.72. The minimum absolute atomic E-state index is 0.0313. The van der Waals surface area contributed by atoms with Crippen LogP contribution in [0.5, 0.6) is 0 Å². The van der Waals surface area contributed by atoms with Gasteiger partial charge in [0.15, 0.2) is 0 Å². The summed E-state index contributed by atoms with van der Waals surface area (Å²) < 4.78 is 0.950. The van der Waals surface area contributed by atoms with Crippen LogP contribution in [0.15, 0.2) is 28.7 Å². The van der Waals surface area contributed by atoms with Gasteiger partial charge in [-0.3, -0.25) is 0 Å². The Bertz CT molecular complexity index is 348. The monoisotopic (exact) mass is 300 g/mol. The van der Waals surface area contributed by atoms with Crippen molar-refractivity contribution in [3.63, 3.8) is 0 Å². The third-order valence-electron chi connectivity index (χ3n) is 3.49. The fourth-order valence-electron chi connectivity index (χ4n) is 2.16. The zero-order valence-corrected chi connectivity index (χ0v) is 12.1. The molecule has 17 heavy (non-hydrogen) atoms. The molecule has 96 valence electrons. The second-order valence-electron chi connectivity index (χ2n) is 4.79. The molecule has 1 atom stereocenters. The Labute approximate surface area is 112 Å². The molecule has 0 spiro atoms. The molecule has 0 amide bonds. The van der Waals surface area contributed by atoms with E-state index < -0.39 is 5.41 Å². The fourth-order valence-corrected chi connectivity index (χ4v) is 2.87. The van der Waals surface area contributed by atoms with Crippen LogP contribution in [0.4, 0.5) is 0 Å². The number of aliphatic hydroxyl groups is 2. The lowest BCUT2D eigenvalue weighted by Gasteiger charge is -2.33. The topological polar surface area (TPSA) is 40.5 Å². The molecule has 0 saturated carbocycles. The molecule has 0 fully saturated rings. The van der Waals surface area contributed by atoms with E-state index >= 15 is 0 Å². The van der Waals surface area contributed by atoms with Crippen LogP contribution in [0.25, 0.3) is 0 Å². The zero-order chi connectivity index (χ0) is 12.9. The van der Waals surface area contributed by atoms with Crippen molar-refractivity contribution in [1.29, 1.82) is 0 Å². The molecule has 0 aliphatic heterocycles. The van der Waals surface area contributed by atoms with Gasteiger partial charge in [0.05, 0.1) is 13.2 Å². The van der Waals surface area contributed by atoms with Crippen LogP contribution < -0.4 is 0 Å². The third-order valence-corrected chi connectivity index (χ3v) is 4.18. The highest BCUT2D eigenvalue weighted by molar-refractivity contribution is 9.10. The minimum Gasteiger partial charge on any atom is -0.395 e. The Morgan fingerprint density at radius 3 is 2.29 bits per heavy atom. The van der Waals surface area contributed by atoms with Gasteiger partial charge >= 0.3 is 0 Å². The van der Waals surface area contributed by atoms with Crippen LogP contribution in [-0.2, 0) is 5.41 Å². The first-order valence-electron chi connectivity index (χ1n) is 6.06. The molecule has 0 heterocycles. The number of halogens is 1. The zero-order valence-electron chi connectivity index (χ0n) is 10.5. The van der Waals surface area contributed by atoms with Gasteiger partial charge < -0.3 is 10.2 Å². The second kappa shape index (κ2) is 6.53. The van der Waals surface area contributed by atoms with Crippen molar-refractivity contribution in [1.82, 2.24) is 0 Å². The lowest BCUT2D eigenvalue weighted by molar-refractivity contribution is 0.0959. The summed E-state index contributed by atoms with van der Waals surface area (Å²) in [7, 11) is 0. The van der Waals surface area contributed by atoms with Crippen LogP contribution in [0.1, 0.15) is 32.3 Å². The summed E-state index contributed by atoms with van der Waals surface area (Å²) in [5.74, 6) is 0.474. The molecule has 0 radical (unpaired) electrons. The molecule has 1 unspecified atom stereocenters. The van der Waals surface area contributed by atoms with Gasteiger partial charge in [0.2, 0.25) is 0 Å². The number of hydrogen-bond acceptors (Lipinski definition) is 2. The largest absolute Gasteiger partial charge is 0.395 e. The summed E-state index contributed by atoms with van der Waals surface area (Å²) in [6.07, 6.45) is 1.84. The molecule has 0 aromatic heterocycles. The summed E-state index contributed by atoms with van der Waals surface area (Å²) in [4.78, 5) is 0. The van der Waals surface area contributed by atoms with Gasteiger partial charge in [0.25, 0.3) is 0 Å². The predicted octanol–water partition coefficient (Wildman–Crippen LogP) is 3.11. The van der Waals surface area contributed by atoms with Gasteiger partial charge in [-0.1, -0.05) is 54.4 Å². The molecular weight excluding hydrogens is 280 g/mol. The Morgan fingerprint density at radius 2 is 1.82 bits per heavy atom. The molecule has 0 aliphatic carbocycles. The molecule has 2 nitrogen and oxygen atoms in total. The fraction of sp³-hybridized carbons (Fsp3) is 0.571. The highest BCUT2D eigenvalue weighted by Crippen LogP contribution is 2.36. The van der Waals surface area contributed by atoms with Crippen molar-refractivity contribution in [3.05, 3.63) is 34.3 Å². The molecule has 3 heteroatoms. The van der Waals surface area contributed by atoms with Crippen LogP contribution in [0.2, 0.25) is 0 Å². The quantitative estimate of drug-likeness (QED) is 0.847. The van der Waals surface area contributed by atoms with E-state index in [1.807, 2.05) is 24.3 Å². The summed E-state index contributed by atoms with van der Waals surface area (Å²) in [6.45, 7) is 4.22. The Morgan fingerprint density at radius 1 is 1.24 bits per heavy atom. The number of benzene rings is 1. The summed E-state index contributed by atoms with van der Waals surface area (Å²) in [5.41, 5.74) is 0.445. The van der Waals surface area contributed by atoms with Crippen LogP contribution in [0.3, 0.4) is 0 Å². The van der Waals surface area contributed by atoms with Crippen LogP contribution in [-0.4, -0.2) is 23.4 Å². The van der Waals surface area contributed by atoms with Gasteiger partial charge in [0.1, 0.15) is 0 Å². The van der Waals surface area contributed by atoms with E-state index in [9.17, 15) is 10.2 Å². The van der Waals surface area contributed by atoms with E-state index in [0.29, 0.717) is 5.92 Å². The lowest BCUT2D eigenvalue weighted by Crippen LogP contribution is -2.37. The van der Waals surface area contributed by atoms with Crippen molar-refractivity contribution < 1.29 is 10.2 Å². The average molecular weight is 301 g/mol. The molecule has 0 aliphatic rings. The van der Waals surface area contributed by atoms with Crippen molar-refractivity contribution in [2.75, 3.05) is 13.2 Å². The maximum Gasteiger partial charge on any atom is 0.0550 e. The van der Waals surface area contributed by atoms with Gasteiger partial charge in [-0.05, 0) is 24.0 Å². The second-order valence-corrected chi connectivity index (χ2v) is 5.65. The van der Waals surface area contributed by atoms with E-state index in [4.69, 9.17) is 0 Å². The molecule has 0 bridgehead atoms. The molecule has 1 rings (SSSR count). The van der Waals surface area contributed by atoms with Gasteiger partial charge in [-0.2, -0.15) is 0 Å². The molecular formula is C14H21BrO2. The first-order chi connectivity index (χ1) is 8.09. The average Bonchev–Trinajstić information content (AvgIpc) is 2.36. The SMILES string of the molecule is CCC(C)CC(CO)(CO)c1ccccc1Br. The first kappa shape index (κ1) is 14.7. The first-order valence-corrected chi connectivity index (χ1v) is 6.85. The number of aliphatic hydroxyl groups excluding tert-OH is 2. The normalized spacial score (nSPS) is 13.7. The number of rotatable bonds is 6. The molecule has 0 saturated heterocycles. The number of hydrogen-bond donors (Lipinski definition) is 2. The Hall–Kier alpha value is -0.380. The standard InChI is InChI=1S/C14H21BrO2/c1-3-11(2)8-14(9-16,10-17)12-6-4-5-7-13(12)15/h4-7,11,16-17H,3,8-10H2,1-2H3. The van der Waals surface area contributed by atoms with E-state index in [-0.39, 0.29) is 13.2 Å². The van der Waals surface area contributed by atoms with Gasteiger partial charge in [-0.15, -0.1) is 0 Å².